The van der Waals surface area contributed by atoms with Crippen molar-refractivity contribution in [2.45, 2.75) is 39.2 Å². The van der Waals surface area contributed by atoms with Gasteiger partial charge in [-0.05, 0) is 50.8 Å². The van der Waals surface area contributed by atoms with Gasteiger partial charge in [0.15, 0.2) is 5.54 Å². The van der Waals surface area contributed by atoms with Crippen LogP contribution in [-0.2, 0) is 9.53 Å². The molecule has 0 amide bonds. The molecular weight excluding hydrogens is 266 g/mol. The quantitative estimate of drug-likeness (QED) is 0.748. The second-order valence-corrected chi connectivity index (χ2v) is 5.55. The summed E-state index contributed by atoms with van der Waals surface area (Å²) < 4.78 is 11.3. The van der Waals surface area contributed by atoms with Crippen LogP contribution in [0.2, 0.25) is 0 Å². The van der Waals surface area contributed by atoms with Gasteiger partial charge in [0.1, 0.15) is 12.4 Å². The summed E-state index contributed by atoms with van der Waals surface area (Å²) in [6.07, 6.45) is 2.09. The fourth-order valence-corrected chi connectivity index (χ4v) is 2.67. The zero-order valence-electron chi connectivity index (χ0n) is 13.1. The van der Waals surface area contributed by atoms with E-state index < -0.39 is 5.54 Å². The zero-order chi connectivity index (χ0) is 15.3. The van der Waals surface area contributed by atoms with Crippen molar-refractivity contribution in [2.75, 3.05) is 19.8 Å². The lowest BCUT2D eigenvalue weighted by molar-refractivity contribution is -0.154. The molecule has 1 atom stereocenters. The number of rotatable bonds is 8. The number of nitrogens with one attached hydrogen (secondary N) is 1. The van der Waals surface area contributed by atoms with E-state index in [0.29, 0.717) is 25.7 Å². The summed E-state index contributed by atoms with van der Waals surface area (Å²) in [7, 11) is 0. The van der Waals surface area contributed by atoms with E-state index in [2.05, 4.69) is 5.32 Å². The normalized spacial score (nSPS) is 17.1. The SMILES string of the molecule is CCNC(COc1ccccc1C)(C(=O)OCC)C1CC1. The Hall–Kier alpha value is -1.55. The lowest BCUT2D eigenvalue weighted by Gasteiger charge is -2.32. The van der Waals surface area contributed by atoms with Crippen LogP contribution in [0.25, 0.3) is 0 Å². The molecule has 1 aliphatic carbocycles. The largest absolute Gasteiger partial charge is 0.491 e. The first-order valence-electron chi connectivity index (χ1n) is 7.74. The molecule has 1 unspecified atom stereocenters. The van der Waals surface area contributed by atoms with Crippen molar-refractivity contribution in [3.05, 3.63) is 29.8 Å². The molecule has 1 saturated carbocycles. The number of para-hydroxylation sites is 1. The van der Waals surface area contributed by atoms with E-state index in [4.69, 9.17) is 9.47 Å². The second kappa shape index (κ2) is 6.94. The number of aryl methyl sites for hydroxylation is 1. The maximum atomic E-state index is 12.5. The van der Waals surface area contributed by atoms with E-state index in [1.807, 2.05) is 45.0 Å². The molecule has 4 nitrogen and oxygen atoms in total. The Labute approximate surface area is 126 Å². The third-order valence-electron chi connectivity index (χ3n) is 3.96. The van der Waals surface area contributed by atoms with E-state index in [-0.39, 0.29) is 5.97 Å². The van der Waals surface area contributed by atoms with E-state index in [1.165, 1.54) is 0 Å². The van der Waals surface area contributed by atoms with Gasteiger partial charge < -0.3 is 9.47 Å². The van der Waals surface area contributed by atoms with Crippen LogP contribution in [0, 0.1) is 12.8 Å². The number of esters is 1. The number of hydrogen-bond donors (Lipinski definition) is 1. The average Bonchev–Trinajstić information content (AvgIpc) is 3.30. The Morgan fingerprint density at radius 3 is 2.62 bits per heavy atom. The Balaban J connectivity index is 2.15. The Bertz CT molecular complexity index is 485. The molecule has 1 aromatic carbocycles. The lowest BCUT2D eigenvalue weighted by atomic mass is 9.94. The summed E-state index contributed by atoms with van der Waals surface area (Å²) in [5.74, 6) is 0.938. The van der Waals surface area contributed by atoms with Crippen molar-refractivity contribution in [1.82, 2.24) is 5.32 Å². The lowest BCUT2D eigenvalue weighted by Crippen LogP contribution is -2.59. The average molecular weight is 291 g/mol. The molecule has 1 N–H and O–H groups in total. The van der Waals surface area contributed by atoms with Crippen LogP contribution < -0.4 is 10.1 Å². The van der Waals surface area contributed by atoms with Gasteiger partial charge in [-0.3, -0.25) is 5.32 Å². The number of carbonyl (C=O) groups excluding carboxylic acids is 1. The van der Waals surface area contributed by atoms with Crippen molar-refractivity contribution in [3.8, 4) is 5.75 Å². The van der Waals surface area contributed by atoms with Crippen LogP contribution in [0.15, 0.2) is 24.3 Å². The van der Waals surface area contributed by atoms with Gasteiger partial charge in [0.2, 0.25) is 0 Å². The minimum atomic E-state index is -0.715. The number of benzene rings is 1. The van der Waals surface area contributed by atoms with E-state index in [9.17, 15) is 4.79 Å². The van der Waals surface area contributed by atoms with Crippen molar-refractivity contribution >= 4 is 5.97 Å². The predicted octanol–water partition coefficient (Wildman–Crippen LogP) is 2.70. The molecule has 1 aliphatic rings. The summed E-state index contributed by atoms with van der Waals surface area (Å²) >= 11 is 0. The van der Waals surface area contributed by atoms with Gasteiger partial charge in [0.05, 0.1) is 6.61 Å². The van der Waals surface area contributed by atoms with Crippen LogP contribution in [0.1, 0.15) is 32.3 Å². The second-order valence-electron chi connectivity index (χ2n) is 5.55. The third kappa shape index (κ3) is 3.56. The molecule has 0 saturated heterocycles. The van der Waals surface area contributed by atoms with E-state index in [1.54, 1.807) is 0 Å². The third-order valence-corrected chi connectivity index (χ3v) is 3.96. The fraction of sp³-hybridized carbons (Fsp3) is 0.588. The van der Waals surface area contributed by atoms with Gasteiger partial charge in [-0.1, -0.05) is 25.1 Å². The number of ether oxygens (including phenoxy) is 2. The van der Waals surface area contributed by atoms with Crippen molar-refractivity contribution in [1.29, 1.82) is 0 Å². The molecule has 0 radical (unpaired) electrons. The molecule has 0 bridgehead atoms. The minimum Gasteiger partial charge on any atom is -0.491 e. The van der Waals surface area contributed by atoms with Crippen LogP contribution >= 0.6 is 0 Å². The van der Waals surface area contributed by atoms with Crippen LogP contribution in [-0.4, -0.2) is 31.3 Å². The maximum absolute atomic E-state index is 12.5. The van der Waals surface area contributed by atoms with Crippen molar-refractivity contribution in [2.24, 2.45) is 5.92 Å². The molecular formula is C17H25NO3. The van der Waals surface area contributed by atoms with Gasteiger partial charge in [-0.15, -0.1) is 0 Å². The van der Waals surface area contributed by atoms with Crippen LogP contribution in [0.3, 0.4) is 0 Å². The predicted molar refractivity (Wildman–Crippen MR) is 82.4 cm³/mol. The highest BCUT2D eigenvalue weighted by atomic mass is 16.5. The summed E-state index contributed by atoms with van der Waals surface area (Å²) in [6.45, 7) is 7.27. The van der Waals surface area contributed by atoms with E-state index >= 15 is 0 Å². The summed E-state index contributed by atoms with van der Waals surface area (Å²) in [5, 5.41) is 3.33. The van der Waals surface area contributed by atoms with Gasteiger partial charge in [-0.2, -0.15) is 0 Å². The molecule has 116 valence electrons. The zero-order valence-corrected chi connectivity index (χ0v) is 13.1. The molecule has 0 heterocycles. The van der Waals surface area contributed by atoms with Gasteiger partial charge in [-0.25, -0.2) is 4.79 Å². The monoisotopic (exact) mass is 291 g/mol. The van der Waals surface area contributed by atoms with Crippen LogP contribution in [0.5, 0.6) is 5.75 Å². The Kier molecular flexibility index (Phi) is 5.23. The smallest absolute Gasteiger partial charge is 0.330 e. The molecule has 1 fully saturated rings. The molecule has 4 heteroatoms. The standard InChI is InChI=1S/C17H25NO3/c1-4-18-17(14-10-11-14,16(19)20-5-2)12-21-15-9-7-6-8-13(15)3/h6-9,14,18H,4-5,10-12H2,1-3H3. The molecule has 21 heavy (non-hydrogen) atoms. The van der Waals surface area contributed by atoms with Crippen molar-refractivity contribution in [3.63, 3.8) is 0 Å². The van der Waals surface area contributed by atoms with E-state index in [0.717, 1.165) is 24.2 Å². The number of likely N-dealkylation sites (N-methyl/N-ethyl adjacent to an activating group) is 1. The van der Waals surface area contributed by atoms with Gasteiger partial charge in [0, 0.05) is 0 Å². The van der Waals surface area contributed by atoms with Gasteiger partial charge in [0.25, 0.3) is 0 Å². The highest BCUT2D eigenvalue weighted by Gasteiger charge is 2.52. The molecule has 0 aromatic heterocycles. The summed E-state index contributed by atoms with van der Waals surface area (Å²) in [6, 6.07) is 7.86. The van der Waals surface area contributed by atoms with Crippen LogP contribution in [0.4, 0.5) is 0 Å². The number of carbonyl (C=O) groups is 1. The first-order valence-corrected chi connectivity index (χ1v) is 7.74. The fourth-order valence-electron chi connectivity index (χ4n) is 2.67. The summed E-state index contributed by atoms with van der Waals surface area (Å²) in [4.78, 5) is 12.5. The maximum Gasteiger partial charge on any atom is 0.330 e. The Morgan fingerprint density at radius 1 is 1.33 bits per heavy atom. The molecule has 0 spiro atoms. The molecule has 0 aliphatic heterocycles. The molecule has 1 aromatic rings. The molecule has 2 rings (SSSR count). The van der Waals surface area contributed by atoms with Crippen molar-refractivity contribution < 1.29 is 14.3 Å². The first kappa shape index (κ1) is 15.8. The summed E-state index contributed by atoms with van der Waals surface area (Å²) in [5.41, 5.74) is 0.357. The highest BCUT2D eigenvalue weighted by molar-refractivity contribution is 5.82. The topological polar surface area (TPSA) is 47.6 Å². The Morgan fingerprint density at radius 2 is 2.05 bits per heavy atom. The van der Waals surface area contributed by atoms with Gasteiger partial charge >= 0.3 is 5.97 Å². The first-order chi connectivity index (χ1) is 10.1. The highest BCUT2D eigenvalue weighted by Crippen LogP contribution is 2.41. The number of hydrogen-bond acceptors (Lipinski definition) is 4. The minimum absolute atomic E-state index is 0.192.